The number of aryl methyl sites for hydroxylation is 1. The Bertz CT molecular complexity index is 1000. The number of aromatic amines is 1. The number of hydrogen-bond acceptors (Lipinski definition) is 2. The van der Waals surface area contributed by atoms with Crippen LogP contribution in [0.25, 0.3) is 22.2 Å². The monoisotopic (exact) mass is 346 g/mol. The molecule has 3 rings (SSSR count). The zero-order valence-electron chi connectivity index (χ0n) is 14.0. The zero-order chi connectivity index (χ0) is 18.4. The molecule has 0 aliphatic carbocycles. The predicted octanol–water partition coefficient (Wildman–Crippen LogP) is 4.74. The molecule has 0 amide bonds. The second-order valence-corrected chi connectivity index (χ2v) is 6.62. The second-order valence-electron chi connectivity index (χ2n) is 6.62. The number of H-pyrrole nitrogens is 1. The lowest BCUT2D eigenvalue weighted by Gasteiger charge is -2.29. The van der Waals surface area contributed by atoms with Gasteiger partial charge < -0.3 is 4.98 Å². The van der Waals surface area contributed by atoms with Crippen molar-refractivity contribution in [3.63, 3.8) is 0 Å². The maximum Gasteiger partial charge on any atom is 0.397 e. The first-order valence-corrected chi connectivity index (χ1v) is 7.76. The highest BCUT2D eigenvalue weighted by atomic mass is 19.4. The van der Waals surface area contributed by atoms with Crippen molar-refractivity contribution in [3.8, 4) is 11.3 Å². The molecule has 0 atom stereocenters. The van der Waals surface area contributed by atoms with E-state index in [9.17, 15) is 18.0 Å². The molecule has 3 aromatic rings. The van der Waals surface area contributed by atoms with Gasteiger partial charge in [0.15, 0.2) is 5.43 Å². The van der Waals surface area contributed by atoms with Crippen LogP contribution in [0.3, 0.4) is 0 Å². The number of fused-ring (bicyclic) bond motifs is 1. The summed E-state index contributed by atoms with van der Waals surface area (Å²) in [4.78, 5) is 19.3. The van der Waals surface area contributed by atoms with Gasteiger partial charge in [-0.1, -0.05) is 18.2 Å². The van der Waals surface area contributed by atoms with Crippen LogP contribution in [-0.2, 0) is 5.41 Å². The molecular formula is C19H17F3N2O. The Kier molecular flexibility index (Phi) is 3.94. The molecular weight excluding hydrogens is 329 g/mol. The van der Waals surface area contributed by atoms with Gasteiger partial charge in [-0.3, -0.25) is 9.78 Å². The maximum absolute atomic E-state index is 13.2. The van der Waals surface area contributed by atoms with Gasteiger partial charge in [-0.2, -0.15) is 13.2 Å². The van der Waals surface area contributed by atoms with Crippen molar-refractivity contribution < 1.29 is 13.2 Å². The molecule has 25 heavy (non-hydrogen) atoms. The Morgan fingerprint density at radius 2 is 1.80 bits per heavy atom. The minimum Gasteiger partial charge on any atom is -0.354 e. The van der Waals surface area contributed by atoms with E-state index >= 15 is 0 Å². The number of pyridine rings is 2. The van der Waals surface area contributed by atoms with E-state index in [1.165, 1.54) is 24.4 Å². The largest absolute Gasteiger partial charge is 0.397 e. The average molecular weight is 346 g/mol. The van der Waals surface area contributed by atoms with E-state index in [1.807, 2.05) is 0 Å². The molecule has 3 nitrogen and oxygen atoms in total. The number of nitrogens with one attached hydrogen (secondary N) is 1. The van der Waals surface area contributed by atoms with Gasteiger partial charge in [-0.15, -0.1) is 0 Å². The smallest absolute Gasteiger partial charge is 0.354 e. The summed E-state index contributed by atoms with van der Waals surface area (Å²) in [5.41, 5.74) is 0.619. The molecule has 2 heterocycles. The van der Waals surface area contributed by atoms with Crippen LogP contribution in [0.5, 0.6) is 0 Å². The number of nitrogens with zero attached hydrogens (tertiary/aromatic N) is 1. The van der Waals surface area contributed by atoms with Gasteiger partial charge in [-0.25, -0.2) is 0 Å². The van der Waals surface area contributed by atoms with Gasteiger partial charge in [0.1, 0.15) is 0 Å². The second kappa shape index (κ2) is 5.72. The van der Waals surface area contributed by atoms with Crippen molar-refractivity contribution in [2.75, 3.05) is 0 Å². The third kappa shape index (κ3) is 2.92. The lowest BCUT2D eigenvalue weighted by molar-refractivity contribution is -0.180. The normalized spacial score (nSPS) is 12.6. The first-order valence-electron chi connectivity index (χ1n) is 7.76. The third-order valence-electron chi connectivity index (χ3n) is 4.58. The highest BCUT2D eigenvalue weighted by Gasteiger charge is 2.48. The predicted molar refractivity (Wildman–Crippen MR) is 91.6 cm³/mol. The first kappa shape index (κ1) is 17.2. The van der Waals surface area contributed by atoms with Crippen molar-refractivity contribution in [3.05, 3.63) is 64.1 Å². The lowest BCUT2D eigenvalue weighted by atomic mass is 9.82. The summed E-state index contributed by atoms with van der Waals surface area (Å²) in [6, 6.07) is 7.75. The van der Waals surface area contributed by atoms with Gasteiger partial charge in [0.2, 0.25) is 0 Å². The summed E-state index contributed by atoms with van der Waals surface area (Å²) in [6.45, 7) is 4.05. The van der Waals surface area contributed by atoms with Crippen LogP contribution in [0.1, 0.15) is 25.0 Å². The van der Waals surface area contributed by atoms with E-state index < -0.39 is 11.6 Å². The summed E-state index contributed by atoms with van der Waals surface area (Å²) in [5, 5.41) is 0.471. The van der Waals surface area contributed by atoms with Gasteiger partial charge in [0, 0.05) is 29.7 Å². The van der Waals surface area contributed by atoms with E-state index in [2.05, 4.69) is 9.97 Å². The molecule has 6 heteroatoms. The van der Waals surface area contributed by atoms with Crippen LogP contribution >= 0.6 is 0 Å². The number of halogens is 3. The molecule has 0 aliphatic rings. The van der Waals surface area contributed by atoms with Gasteiger partial charge in [0.05, 0.1) is 16.3 Å². The Morgan fingerprint density at radius 3 is 2.44 bits per heavy atom. The SMILES string of the molecule is Cc1cc(C(C)(C)C(F)(F)F)ccc1-c1cc(=O)c2cnccc2[nH]1. The van der Waals surface area contributed by atoms with Gasteiger partial charge >= 0.3 is 6.18 Å². The highest BCUT2D eigenvalue weighted by molar-refractivity contribution is 5.80. The van der Waals surface area contributed by atoms with Crippen LogP contribution in [-0.4, -0.2) is 16.1 Å². The molecule has 1 N–H and O–H groups in total. The topological polar surface area (TPSA) is 45.8 Å². The molecule has 0 unspecified atom stereocenters. The number of benzene rings is 1. The summed E-state index contributed by atoms with van der Waals surface area (Å²) < 4.78 is 39.7. The van der Waals surface area contributed by atoms with Gasteiger partial charge in [0.25, 0.3) is 0 Å². The first-order chi connectivity index (χ1) is 11.6. The third-order valence-corrected chi connectivity index (χ3v) is 4.58. The Balaban J connectivity index is 2.13. The van der Waals surface area contributed by atoms with Crippen LogP contribution in [0.4, 0.5) is 13.2 Å². The molecule has 0 aliphatic heterocycles. The quantitative estimate of drug-likeness (QED) is 0.728. The number of alkyl halides is 3. The Hall–Kier alpha value is -2.63. The molecule has 0 fully saturated rings. The molecule has 0 radical (unpaired) electrons. The lowest BCUT2D eigenvalue weighted by Crippen LogP contribution is -2.36. The summed E-state index contributed by atoms with van der Waals surface area (Å²) in [6.07, 6.45) is -1.28. The van der Waals surface area contributed by atoms with E-state index in [1.54, 1.807) is 25.3 Å². The molecule has 0 saturated carbocycles. The van der Waals surface area contributed by atoms with Crippen molar-refractivity contribution in [2.24, 2.45) is 0 Å². The van der Waals surface area contributed by atoms with Gasteiger partial charge in [-0.05, 0) is 38.0 Å². The minimum absolute atomic E-state index is 0.184. The van der Waals surface area contributed by atoms with E-state index in [0.717, 1.165) is 13.8 Å². The fourth-order valence-electron chi connectivity index (χ4n) is 2.75. The Labute approximate surface area is 142 Å². The Morgan fingerprint density at radius 1 is 1.08 bits per heavy atom. The van der Waals surface area contributed by atoms with Crippen molar-refractivity contribution in [1.29, 1.82) is 0 Å². The van der Waals surface area contributed by atoms with Crippen molar-refractivity contribution in [1.82, 2.24) is 9.97 Å². The molecule has 1 aromatic carbocycles. The van der Waals surface area contributed by atoms with Crippen LogP contribution < -0.4 is 5.43 Å². The molecule has 0 saturated heterocycles. The number of hydrogen-bond donors (Lipinski definition) is 1. The summed E-state index contributed by atoms with van der Waals surface area (Å²) in [5.74, 6) is 0. The number of rotatable bonds is 2. The van der Waals surface area contributed by atoms with Crippen LogP contribution in [0.15, 0.2) is 47.5 Å². The van der Waals surface area contributed by atoms with Crippen LogP contribution in [0.2, 0.25) is 0 Å². The fraction of sp³-hybridized carbons (Fsp3) is 0.263. The van der Waals surface area contributed by atoms with Crippen molar-refractivity contribution in [2.45, 2.75) is 32.4 Å². The minimum atomic E-state index is -4.34. The molecule has 2 aromatic heterocycles. The van der Waals surface area contributed by atoms with E-state index in [-0.39, 0.29) is 11.0 Å². The number of aromatic nitrogens is 2. The van der Waals surface area contributed by atoms with E-state index in [0.29, 0.717) is 27.7 Å². The zero-order valence-corrected chi connectivity index (χ0v) is 14.0. The average Bonchev–Trinajstić information content (AvgIpc) is 2.53. The van der Waals surface area contributed by atoms with Crippen molar-refractivity contribution >= 4 is 10.9 Å². The summed E-state index contributed by atoms with van der Waals surface area (Å²) >= 11 is 0. The van der Waals surface area contributed by atoms with E-state index in [4.69, 9.17) is 0 Å². The standard InChI is InChI=1S/C19H17F3N2O/c1-11-8-12(18(2,3)19(20,21)22)4-5-13(11)16-9-17(25)14-10-23-7-6-15(14)24-16/h4-10H,1-3H3,(H,24,25). The van der Waals surface area contributed by atoms with Crippen LogP contribution in [0, 0.1) is 6.92 Å². The molecule has 0 bridgehead atoms. The maximum atomic E-state index is 13.2. The highest BCUT2D eigenvalue weighted by Crippen LogP contribution is 2.41. The summed E-state index contributed by atoms with van der Waals surface area (Å²) in [7, 11) is 0. The molecule has 0 spiro atoms. The molecule has 130 valence electrons. The fourth-order valence-corrected chi connectivity index (χ4v) is 2.75.